The highest BCUT2D eigenvalue weighted by atomic mass is 16.6. The number of imidazole rings is 1. The fraction of sp³-hybridized carbons (Fsp3) is 0. The molecular formula is C11H9N5O3. The molecule has 0 bridgehead atoms. The van der Waals surface area contributed by atoms with Crippen LogP contribution < -0.4 is 5.43 Å². The van der Waals surface area contributed by atoms with Crippen LogP contribution in [0.15, 0.2) is 41.9 Å². The maximum absolute atomic E-state index is 11.5. The van der Waals surface area contributed by atoms with E-state index in [2.05, 4.69) is 20.5 Å². The molecule has 0 fully saturated rings. The van der Waals surface area contributed by atoms with Gasteiger partial charge in [0.15, 0.2) is 0 Å². The largest absolute Gasteiger partial charge is 0.341 e. The van der Waals surface area contributed by atoms with Crippen LogP contribution in [0.5, 0.6) is 0 Å². The van der Waals surface area contributed by atoms with Crippen molar-refractivity contribution in [1.29, 1.82) is 0 Å². The Bertz CT molecular complexity index is 604. The van der Waals surface area contributed by atoms with Crippen molar-refractivity contribution in [1.82, 2.24) is 15.4 Å². The van der Waals surface area contributed by atoms with Gasteiger partial charge < -0.3 is 4.98 Å². The van der Waals surface area contributed by atoms with Crippen molar-refractivity contribution in [3.63, 3.8) is 0 Å². The number of nitrogens with one attached hydrogen (secondary N) is 2. The van der Waals surface area contributed by atoms with E-state index in [-0.39, 0.29) is 5.69 Å². The number of carbonyl (C=O) groups is 1. The second-order valence-corrected chi connectivity index (χ2v) is 3.51. The van der Waals surface area contributed by atoms with E-state index >= 15 is 0 Å². The minimum Gasteiger partial charge on any atom is -0.341 e. The SMILES string of the molecule is O=C(NN=Cc1ccc([N+](=O)[O-])cc1)c1cnc[nH]1. The number of aromatic amines is 1. The molecule has 2 N–H and O–H groups in total. The van der Waals surface area contributed by atoms with E-state index in [0.717, 1.165) is 0 Å². The van der Waals surface area contributed by atoms with Gasteiger partial charge in [-0.1, -0.05) is 0 Å². The highest BCUT2D eigenvalue weighted by molar-refractivity contribution is 5.92. The molecule has 0 radical (unpaired) electrons. The quantitative estimate of drug-likeness (QED) is 0.485. The summed E-state index contributed by atoms with van der Waals surface area (Å²) in [5.74, 6) is -0.421. The molecule has 8 heteroatoms. The van der Waals surface area contributed by atoms with Gasteiger partial charge in [0.05, 0.1) is 23.7 Å². The zero-order chi connectivity index (χ0) is 13.7. The van der Waals surface area contributed by atoms with Crippen LogP contribution in [0.3, 0.4) is 0 Å². The molecular weight excluding hydrogens is 250 g/mol. The van der Waals surface area contributed by atoms with Crippen molar-refractivity contribution >= 4 is 17.8 Å². The van der Waals surface area contributed by atoms with Gasteiger partial charge in [0.25, 0.3) is 11.6 Å². The third-order valence-corrected chi connectivity index (χ3v) is 2.23. The summed E-state index contributed by atoms with van der Waals surface area (Å²) in [5, 5.41) is 14.2. The molecule has 0 aliphatic heterocycles. The summed E-state index contributed by atoms with van der Waals surface area (Å²) in [6, 6.07) is 5.78. The number of hydrogen-bond acceptors (Lipinski definition) is 5. The van der Waals surface area contributed by atoms with Gasteiger partial charge in [-0.15, -0.1) is 0 Å². The highest BCUT2D eigenvalue weighted by Crippen LogP contribution is 2.10. The van der Waals surface area contributed by atoms with Crippen LogP contribution in [0.25, 0.3) is 0 Å². The van der Waals surface area contributed by atoms with Gasteiger partial charge in [-0.25, -0.2) is 10.4 Å². The molecule has 2 rings (SSSR count). The minimum absolute atomic E-state index is 0.00125. The van der Waals surface area contributed by atoms with E-state index in [1.807, 2.05) is 0 Å². The summed E-state index contributed by atoms with van der Waals surface area (Å²) < 4.78 is 0. The summed E-state index contributed by atoms with van der Waals surface area (Å²) in [6.07, 6.45) is 4.14. The molecule has 1 heterocycles. The fourth-order valence-electron chi connectivity index (χ4n) is 1.29. The third kappa shape index (κ3) is 3.22. The smallest absolute Gasteiger partial charge is 0.289 e. The maximum Gasteiger partial charge on any atom is 0.289 e. The topological polar surface area (TPSA) is 113 Å². The molecule has 0 saturated carbocycles. The lowest BCUT2D eigenvalue weighted by Gasteiger charge is -1.96. The molecule has 0 aliphatic carbocycles. The van der Waals surface area contributed by atoms with Gasteiger partial charge in [0.2, 0.25) is 0 Å². The molecule has 0 aliphatic rings. The Hall–Kier alpha value is -3.03. The highest BCUT2D eigenvalue weighted by Gasteiger charge is 2.04. The van der Waals surface area contributed by atoms with Crippen molar-refractivity contribution in [2.24, 2.45) is 5.10 Å². The maximum atomic E-state index is 11.5. The number of hydrogen-bond donors (Lipinski definition) is 2. The number of amides is 1. The lowest BCUT2D eigenvalue weighted by molar-refractivity contribution is -0.384. The molecule has 0 unspecified atom stereocenters. The Morgan fingerprint density at radius 1 is 1.42 bits per heavy atom. The standard InChI is InChI=1S/C11H9N5O3/c17-11(10-6-12-7-13-10)15-14-5-8-1-3-9(4-2-8)16(18)19/h1-7H,(H,12,13)(H,15,17). The average molecular weight is 259 g/mol. The monoisotopic (exact) mass is 259 g/mol. The Balaban J connectivity index is 1.95. The van der Waals surface area contributed by atoms with Crippen molar-refractivity contribution in [2.75, 3.05) is 0 Å². The first-order chi connectivity index (χ1) is 9.16. The predicted octanol–water partition coefficient (Wildman–Crippen LogP) is 1.08. The number of nitro benzene ring substituents is 1. The Kier molecular flexibility index (Phi) is 3.62. The van der Waals surface area contributed by atoms with E-state index in [1.54, 1.807) is 0 Å². The molecule has 0 atom stereocenters. The number of nitrogens with zero attached hydrogens (tertiary/aromatic N) is 3. The molecule has 8 nitrogen and oxygen atoms in total. The summed E-state index contributed by atoms with van der Waals surface area (Å²) in [7, 11) is 0. The van der Waals surface area contributed by atoms with Gasteiger partial charge in [-0.2, -0.15) is 5.10 Å². The van der Waals surface area contributed by atoms with E-state index in [1.165, 1.54) is 43.0 Å². The van der Waals surface area contributed by atoms with E-state index in [4.69, 9.17) is 0 Å². The zero-order valence-electron chi connectivity index (χ0n) is 9.61. The molecule has 1 amide bonds. The average Bonchev–Trinajstić information content (AvgIpc) is 2.93. The molecule has 96 valence electrons. The van der Waals surface area contributed by atoms with Crippen LogP contribution >= 0.6 is 0 Å². The number of non-ortho nitro benzene ring substituents is 1. The van der Waals surface area contributed by atoms with Crippen molar-refractivity contribution in [3.05, 3.63) is 58.2 Å². The predicted molar refractivity (Wildman–Crippen MR) is 66.7 cm³/mol. The molecule has 0 spiro atoms. The van der Waals surface area contributed by atoms with Gasteiger partial charge in [0.1, 0.15) is 5.69 Å². The molecule has 1 aromatic carbocycles. The number of aromatic nitrogens is 2. The summed E-state index contributed by atoms with van der Waals surface area (Å²) in [4.78, 5) is 27.8. The van der Waals surface area contributed by atoms with Crippen LogP contribution in [-0.4, -0.2) is 27.0 Å². The molecule has 19 heavy (non-hydrogen) atoms. The molecule has 0 saturated heterocycles. The van der Waals surface area contributed by atoms with Gasteiger partial charge in [-0.05, 0) is 17.7 Å². The van der Waals surface area contributed by atoms with Crippen molar-refractivity contribution < 1.29 is 9.72 Å². The van der Waals surface area contributed by atoms with E-state index < -0.39 is 10.8 Å². The number of benzene rings is 1. The van der Waals surface area contributed by atoms with Gasteiger partial charge >= 0.3 is 0 Å². The minimum atomic E-state index is -0.485. The van der Waals surface area contributed by atoms with E-state index in [9.17, 15) is 14.9 Å². The number of rotatable bonds is 4. The zero-order valence-corrected chi connectivity index (χ0v) is 9.61. The summed E-state index contributed by atoms with van der Waals surface area (Å²) in [6.45, 7) is 0. The van der Waals surface area contributed by atoms with Crippen molar-refractivity contribution in [2.45, 2.75) is 0 Å². The Labute approximate surface area is 107 Å². The van der Waals surface area contributed by atoms with Crippen LogP contribution in [0.2, 0.25) is 0 Å². The number of H-pyrrole nitrogens is 1. The van der Waals surface area contributed by atoms with Crippen LogP contribution in [0, 0.1) is 10.1 Å². The Morgan fingerprint density at radius 3 is 2.74 bits per heavy atom. The number of nitro groups is 1. The van der Waals surface area contributed by atoms with Crippen LogP contribution in [-0.2, 0) is 0 Å². The van der Waals surface area contributed by atoms with Gasteiger partial charge in [-0.3, -0.25) is 14.9 Å². The van der Waals surface area contributed by atoms with Crippen LogP contribution in [0.4, 0.5) is 5.69 Å². The van der Waals surface area contributed by atoms with Crippen molar-refractivity contribution in [3.8, 4) is 0 Å². The van der Waals surface area contributed by atoms with E-state index in [0.29, 0.717) is 11.3 Å². The third-order valence-electron chi connectivity index (χ3n) is 2.23. The van der Waals surface area contributed by atoms with Gasteiger partial charge in [0, 0.05) is 12.1 Å². The first-order valence-electron chi connectivity index (χ1n) is 5.23. The normalized spacial score (nSPS) is 10.5. The number of carbonyl (C=O) groups excluding carboxylic acids is 1. The fourth-order valence-corrected chi connectivity index (χ4v) is 1.29. The Morgan fingerprint density at radius 2 is 2.16 bits per heavy atom. The first-order valence-corrected chi connectivity index (χ1v) is 5.23. The number of hydrazone groups is 1. The summed E-state index contributed by atoms with van der Waals surface area (Å²) in [5.41, 5.74) is 3.22. The summed E-state index contributed by atoms with van der Waals surface area (Å²) >= 11 is 0. The second-order valence-electron chi connectivity index (χ2n) is 3.51. The van der Waals surface area contributed by atoms with Crippen LogP contribution in [0.1, 0.15) is 16.1 Å². The lowest BCUT2D eigenvalue weighted by atomic mass is 10.2. The molecule has 1 aromatic heterocycles. The first kappa shape index (κ1) is 12.4. The second kappa shape index (κ2) is 5.54. The molecule has 2 aromatic rings. The lowest BCUT2D eigenvalue weighted by Crippen LogP contribution is -2.17.